The highest BCUT2D eigenvalue weighted by Gasteiger charge is 1.94. The van der Waals surface area contributed by atoms with Gasteiger partial charge in [0, 0.05) is 20.3 Å². The molecule has 3 nitrogen and oxygen atoms in total. The minimum absolute atomic E-state index is 0.358. The number of ether oxygens (including phenoxy) is 2. The second kappa shape index (κ2) is 17.9. The summed E-state index contributed by atoms with van der Waals surface area (Å²) < 4.78 is 10.1. The van der Waals surface area contributed by atoms with Crippen molar-refractivity contribution in [2.45, 2.75) is 77.0 Å². The molecular formula is C16H34O3. The monoisotopic (exact) mass is 274 g/mol. The lowest BCUT2D eigenvalue weighted by atomic mass is 10.1. The molecule has 0 radical (unpaired) electrons. The van der Waals surface area contributed by atoms with Crippen molar-refractivity contribution in [2.24, 2.45) is 0 Å². The molecule has 0 atom stereocenters. The number of rotatable bonds is 16. The van der Waals surface area contributed by atoms with E-state index in [1.165, 1.54) is 64.2 Å². The van der Waals surface area contributed by atoms with Crippen molar-refractivity contribution in [2.75, 3.05) is 27.1 Å². The zero-order chi connectivity index (χ0) is 14.0. The van der Waals surface area contributed by atoms with Crippen LogP contribution in [-0.4, -0.2) is 32.2 Å². The molecule has 0 aromatic carbocycles. The first-order chi connectivity index (χ1) is 9.41. The van der Waals surface area contributed by atoms with Crippen LogP contribution in [0, 0.1) is 0 Å². The first-order valence-corrected chi connectivity index (χ1v) is 8.09. The Labute approximate surface area is 119 Å². The first-order valence-electron chi connectivity index (χ1n) is 8.09. The molecule has 0 rings (SSSR count). The summed E-state index contributed by atoms with van der Waals surface area (Å²) in [6.07, 6.45) is 15.5. The Kier molecular flexibility index (Phi) is 17.8. The van der Waals surface area contributed by atoms with Crippen LogP contribution < -0.4 is 0 Å². The van der Waals surface area contributed by atoms with Gasteiger partial charge in [0.05, 0.1) is 0 Å². The predicted octanol–water partition coefficient (Wildman–Crippen LogP) is 4.28. The van der Waals surface area contributed by atoms with E-state index in [-0.39, 0.29) is 0 Å². The van der Waals surface area contributed by atoms with Crippen molar-refractivity contribution >= 4 is 0 Å². The Morgan fingerprint density at radius 3 is 1.47 bits per heavy atom. The smallest absolute Gasteiger partial charge is 0.146 e. The Morgan fingerprint density at radius 1 is 0.632 bits per heavy atom. The Morgan fingerprint density at radius 2 is 1.05 bits per heavy atom. The van der Waals surface area contributed by atoms with E-state index in [9.17, 15) is 0 Å². The van der Waals surface area contributed by atoms with Gasteiger partial charge in [-0.1, -0.05) is 64.2 Å². The van der Waals surface area contributed by atoms with E-state index < -0.39 is 0 Å². The molecule has 0 aromatic rings. The van der Waals surface area contributed by atoms with E-state index in [1.54, 1.807) is 7.11 Å². The molecule has 0 aliphatic heterocycles. The van der Waals surface area contributed by atoms with Gasteiger partial charge in [-0.2, -0.15) is 0 Å². The summed E-state index contributed by atoms with van der Waals surface area (Å²) in [5.41, 5.74) is 0. The quantitative estimate of drug-likeness (QED) is 0.337. The van der Waals surface area contributed by atoms with Gasteiger partial charge in [0.2, 0.25) is 0 Å². The third-order valence-electron chi connectivity index (χ3n) is 3.40. The highest BCUT2D eigenvalue weighted by molar-refractivity contribution is 4.48. The fourth-order valence-electron chi connectivity index (χ4n) is 2.23. The van der Waals surface area contributed by atoms with Gasteiger partial charge >= 0.3 is 0 Å². The average molecular weight is 274 g/mol. The molecule has 0 heterocycles. The van der Waals surface area contributed by atoms with Crippen molar-refractivity contribution in [1.29, 1.82) is 0 Å². The molecule has 0 aliphatic rings. The highest BCUT2D eigenvalue weighted by atomic mass is 16.7. The van der Waals surface area contributed by atoms with Crippen molar-refractivity contribution in [3.63, 3.8) is 0 Å². The summed E-state index contributed by atoms with van der Waals surface area (Å²) in [6, 6.07) is 0. The van der Waals surface area contributed by atoms with E-state index >= 15 is 0 Å². The van der Waals surface area contributed by atoms with Gasteiger partial charge in [-0.3, -0.25) is 0 Å². The lowest BCUT2D eigenvalue weighted by Gasteiger charge is -2.03. The number of hydrogen-bond donors (Lipinski definition) is 1. The number of methoxy groups -OCH3 is 1. The van der Waals surface area contributed by atoms with Crippen LogP contribution in [0.1, 0.15) is 77.0 Å². The van der Waals surface area contributed by atoms with Gasteiger partial charge in [-0.25, -0.2) is 0 Å². The van der Waals surface area contributed by atoms with Gasteiger partial charge < -0.3 is 14.6 Å². The molecular weight excluding hydrogens is 240 g/mol. The van der Waals surface area contributed by atoms with Crippen LogP contribution in [0.5, 0.6) is 0 Å². The van der Waals surface area contributed by atoms with Crippen LogP contribution in [0.4, 0.5) is 0 Å². The van der Waals surface area contributed by atoms with Crippen LogP contribution in [0.25, 0.3) is 0 Å². The Balaban J connectivity index is 2.88. The summed E-state index contributed by atoms with van der Waals surface area (Å²) in [5.74, 6) is 0. The molecule has 0 saturated carbocycles. The molecule has 3 heteroatoms. The number of hydrogen-bond acceptors (Lipinski definition) is 3. The third-order valence-corrected chi connectivity index (χ3v) is 3.40. The number of unbranched alkanes of at least 4 members (excludes halogenated alkanes) is 11. The summed E-state index contributed by atoms with van der Waals surface area (Å²) in [7, 11) is 1.66. The fraction of sp³-hybridized carbons (Fsp3) is 1.00. The maximum absolute atomic E-state index is 8.66. The average Bonchev–Trinajstić information content (AvgIpc) is 2.43. The van der Waals surface area contributed by atoms with Crippen molar-refractivity contribution < 1.29 is 14.6 Å². The zero-order valence-electron chi connectivity index (χ0n) is 12.9. The number of aliphatic hydroxyl groups excluding tert-OH is 1. The molecule has 0 fully saturated rings. The van der Waals surface area contributed by atoms with Crippen LogP contribution in [0.3, 0.4) is 0 Å². The lowest BCUT2D eigenvalue weighted by Crippen LogP contribution is -1.98. The number of aliphatic hydroxyl groups is 1. The molecule has 0 amide bonds. The molecule has 0 spiro atoms. The van der Waals surface area contributed by atoms with E-state index in [4.69, 9.17) is 14.6 Å². The lowest BCUT2D eigenvalue weighted by molar-refractivity contribution is -0.0315. The van der Waals surface area contributed by atoms with Crippen LogP contribution in [0.2, 0.25) is 0 Å². The Bertz CT molecular complexity index is 135. The SMILES string of the molecule is COCOCCCCCCCCCCCCCCO. The summed E-state index contributed by atoms with van der Waals surface area (Å²) >= 11 is 0. The van der Waals surface area contributed by atoms with E-state index in [2.05, 4.69) is 0 Å². The molecule has 0 aromatic heterocycles. The maximum Gasteiger partial charge on any atom is 0.146 e. The van der Waals surface area contributed by atoms with Crippen LogP contribution in [0.15, 0.2) is 0 Å². The van der Waals surface area contributed by atoms with Gasteiger partial charge in [0.25, 0.3) is 0 Å². The third kappa shape index (κ3) is 17.9. The standard InChI is InChI=1S/C16H34O3/c1-18-16-19-15-13-11-9-7-5-3-2-4-6-8-10-12-14-17/h17H,2-16H2,1H3. The minimum Gasteiger partial charge on any atom is -0.396 e. The minimum atomic E-state index is 0.358. The normalized spacial score (nSPS) is 11.1. The second-order valence-electron chi connectivity index (χ2n) is 5.28. The van der Waals surface area contributed by atoms with Crippen molar-refractivity contribution in [3.8, 4) is 0 Å². The van der Waals surface area contributed by atoms with E-state index in [1.807, 2.05) is 0 Å². The topological polar surface area (TPSA) is 38.7 Å². The molecule has 116 valence electrons. The van der Waals surface area contributed by atoms with Crippen molar-refractivity contribution in [1.82, 2.24) is 0 Å². The van der Waals surface area contributed by atoms with Crippen LogP contribution in [-0.2, 0) is 9.47 Å². The van der Waals surface area contributed by atoms with E-state index in [0.717, 1.165) is 19.4 Å². The molecule has 0 unspecified atom stereocenters. The van der Waals surface area contributed by atoms with Crippen LogP contribution >= 0.6 is 0 Å². The first kappa shape index (κ1) is 18.9. The Hall–Kier alpha value is -0.120. The second-order valence-corrected chi connectivity index (χ2v) is 5.28. The van der Waals surface area contributed by atoms with Gasteiger partial charge in [-0.05, 0) is 12.8 Å². The summed E-state index contributed by atoms with van der Waals surface area (Å²) in [6.45, 7) is 1.62. The largest absolute Gasteiger partial charge is 0.396 e. The summed E-state index contributed by atoms with van der Waals surface area (Å²) in [4.78, 5) is 0. The van der Waals surface area contributed by atoms with Gasteiger partial charge in [0.1, 0.15) is 6.79 Å². The zero-order valence-corrected chi connectivity index (χ0v) is 12.9. The van der Waals surface area contributed by atoms with Crippen molar-refractivity contribution in [3.05, 3.63) is 0 Å². The molecule has 19 heavy (non-hydrogen) atoms. The molecule has 0 saturated heterocycles. The fourth-order valence-corrected chi connectivity index (χ4v) is 2.23. The van der Waals surface area contributed by atoms with Gasteiger partial charge in [-0.15, -0.1) is 0 Å². The van der Waals surface area contributed by atoms with E-state index in [0.29, 0.717) is 13.4 Å². The molecule has 0 bridgehead atoms. The maximum atomic E-state index is 8.66. The molecule has 1 N–H and O–H groups in total. The molecule has 0 aliphatic carbocycles. The predicted molar refractivity (Wildman–Crippen MR) is 80.3 cm³/mol. The highest BCUT2D eigenvalue weighted by Crippen LogP contribution is 2.11. The summed E-state index contributed by atoms with van der Waals surface area (Å²) in [5, 5.41) is 8.66. The van der Waals surface area contributed by atoms with Gasteiger partial charge in [0.15, 0.2) is 0 Å².